The topological polar surface area (TPSA) is 64.3 Å². The van der Waals surface area contributed by atoms with Crippen LogP contribution in [-0.2, 0) is 6.54 Å². The second-order valence-corrected chi connectivity index (χ2v) is 4.64. The molecule has 0 bridgehead atoms. The minimum Gasteiger partial charge on any atom is -0.507 e. The van der Waals surface area contributed by atoms with Crippen molar-refractivity contribution in [2.24, 2.45) is 0 Å². The molecule has 19 heavy (non-hydrogen) atoms. The van der Waals surface area contributed by atoms with Gasteiger partial charge in [-0.2, -0.15) is 5.26 Å². The van der Waals surface area contributed by atoms with Crippen molar-refractivity contribution in [2.45, 2.75) is 32.9 Å². The minimum absolute atomic E-state index is 0.0173. The standard InChI is InChI=1S/C14H17FN2O2/c1-9(4-5-16)17(3)8-11-6-12(15)7-13(10(2)18)14(11)19/h6-7,9,19H,4,8H2,1-3H3. The Labute approximate surface area is 112 Å². The fraction of sp³-hybridized carbons (Fsp3) is 0.429. The van der Waals surface area contributed by atoms with Gasteiger partial charge in [0.25, 0.3) is 0 Å². The van der Waals surface area contributed by atoms with Crippen LogP contribution in [0.25, 0.3) is 0 Å². The van der Waals surface area contributed by atoms with Gasteiger partial charge >= 0.3 is 0 Å². The Morgan fingerprint density at radius 1 is 1.58 bits per heavy atom. The van der Waals surface area contributed by atoms with E-state index in [-0.39, 0.29) is 29.7 Å². The van der Waals surface area contributed by atoms with Crippen LogP contribution < -0.4 is 0 Å². The van der Waals surface area contributed by atoms with Crippen molar-refractivity contribution in [1.29, 1.82) is 5.26 Å². The van der Waals surface area contributed by atoms with Crippen molar-refractivity contribution >= 4 is 5.78 Å². The zero-order valence-corrected chi connectivity index (χ0v) is 11.3. The number of Topliss-reactive ketones (excluding diaryl/α,β-unsaturated/α-hetero) is 1. The number of carbonyl (C=O) groups is 1. The third-order valence-electron chi connectivity index (χ3n) is 3.09. The van der Waals surface area contributed by atoms with Crippen molar-refractivity contribution in [3.8, 4) is 11.8 Å². The number of nitriles is 1. The third kappa shape index (κ3) is 3.76. The van der Waals surface area contributed by atoms with E-state index in [0.717, 1.165) is 6.07 Å². The first-order chi connectivity index (χ1) is 8.86. The molecule has 0 aliphatic rings. The van der Waals surface area contributed by atoms with Crippen LogP contribution in [0.5, 0.6) is 5.75 Å². The molecule has 4 nitrogen and oxygen atoms in total. The second kappa shape index (κ2) is 6.30. The summed E-state index contributed by atoms with van der Waals surface area (Å²) in [6.07, 6.45) is 0.339. The zero-order valence-electron chi connectivity index (χ0n) is 11.3. The van der Waals surface area contributed by atoms with Crippen molar-refractivity contribution in [1.82, 2.24) is 4.90 Å². The Hall–Kier alpha value is -1.93. The number of carbonyl (C=O) groups excluding carboxylic acids is 1. The zero-order chi connectivity index (χ0) is 14.6. The highest BCUT2D eigenvalue weighted by Crippen LogP contribution is 2.26. The summed E-state index contributed by atoms with van der Waals surface area (Å²) >= 11 is 0. The summed E-state index contributed by atoms with van der Waals surface area (Å²) in [5.41, 5.74) is 0.328. The van der Waals surface area contributed by atoms with Crippen LogP contribution in [0.4, 0.5) is 4.39 Å². The van der Waals surface area contributed by atoms with Crippen LogP contribution in [0, 0.1) is 17.1 Å². The van der Waals surface area contributed by atoms with Gasteiger partial charge in [-0.15, -0.1) is 0 Å². The van der Waals surface area contributed by atoms with Crippen LogP contribution in [0.15, 0.2) is 12.1 Å². The Morgan fingerprint density at radius 2 is 2.21 bits per heavy atom. The number of phenolic OH excluding ortho intramolecular Hbond substituents is 1. The van der Waals surface area contributed by atoms with E-state index in [2.05, 4.69) is 6.07 Å². The van der Waals surface area contributed by atoms with Crippen LogP contribution in [0.3, 0.4) is 0 Å². The van der Waals surface area contributed by atoms with E-state index < -0.39 is 5.82 Å². The molecule has 1 aromatic rings. The lowest BCUT2D eigenvalue weighted by Crippen LogP contribution is -2.28. The molecule has 1 atom stereocenters. The van der Waals surface area contributed by atoms with Gasteiger partial charge in [0.1, 0.15) is 11.6 Å². The summed E-state index contributed by atoms with van der Waals surface area (Å²) in [6, 6.07) is 4.27. The van der Waals surface area contributed by atoms with Gasteiger partial charge in [0.05, 0.1) is 18.1 Å². The monoisotopic (exact) mass is 264 g/mol. The normalized spacial score (nSPS) is 12.2. The lowest BCUT2D eigenvalue weighted by atomic mass is 10.0. The Kier molecular flexibility index (Phi) is 5.02. The first kappa shape index (κ1) is 15.1. The van der Waals surface area contributed by atoms with Gasteiger partial charge in [-0.05, 0) is 33.0 Å². The molecule has 0 aliphatic heterocycles. The summed E-state index contributed by atoms with van der Waals surface area (Å²) < 4.78 is 13.4. The smallest absolute Gasteiger partial charge is 0.163 e. The van der Waals surface area contributed by atoms with Crippen LogP contribution in [0.2, 0.25) is 0 Å². The number of benzene rings is 1. The number of hydrogen-bond acceptors (Lipinski definition) is 4. The van der Waals surface area contributed by atoms with E-state index in [4.69, 9.17) is 5.26 Å². The molecule has 0 amide bonds. The highest BCUT2D eigenvalue weighted by molar-refractivity contribution is 5.97. The maximum Gasteiger partial charge on any atom is 0.163 e. The summed E-state index contributed by atoms with van der Waals surface area (Å²) in [7, 11) is 1.78. The van der Waals surface area contributed by atoms with E-state index >= 15 is 0 Å². The van der Waals surface area contributed by atoms with Gasteiger partial charge < -0.3 is 5.11 Å². The SMILES string of the molecule is CC(=O)c1cc(F)cc(CN(C)C(C)CC#N)c1O. The molecular weight excluding hydrogens is 247 g/mol. The van der Waals surface area contributed by atoms with Crippen LogP contribution in [-0.4, -0.2) is 28.9 Å². The van der Waals surface area contributed by atoms with E-state index in [0.29, 0.717) is 12.0 Å². The molecule has 1 rings (SSSR count). The van der Waals surface area contributed by atoms with E-state index in [1.165, 1.54) is 13.0 Å². The first-order valence-corrected chi connectivity index (χ1v) is 5.96. The molecule has 5 heteroatoms. The van der Waals surface area contributed by atoms with Crippen molar-refractivity contribution in [2.75, 3.05) is 7.05 Å². The number of rotatable bonds is 5. The molecular formula is C14H17FN2O2. The fourth-order valence-corrected chi connectivity index (χ4v) is 1.76. The number of phenols is 1. The van der Waals surface area contributed by atoms with Gasteiger partial charge in [0.2, 0.25) is 0 Å². The van der Waals surface area contributed by atoms with Gasteiger partial charge in [-0.25, -0.2) is 4.39 Å². The lowest BCUT2D eigenvalue weighted by Gasteiger charge is -2.23. The Bertz CT molecular complexity index is 523. The molecule has 0 saturated carbocycles. The molecule has 0 aromatic heterocycles. The number of halogens is 1. The number of hydrogen-bond donors (Lipinski definition) is 1. The van der Waals surface area contributed by atoms with Gasteiger partial charge in [0.15, 0.2) is 5.78 Å². The first-order valence-electron chi connectivity index (χ1n) is 5.96. The summed E-state index contributed by atoms with van der Waals surface area (Å²) in [5, 5.41) is 18.6. The van der Waals surface area contributed by atoms with Gasteiger partial charge in [0, 0.05) is 18.2 Å². The second-order valence-electron chi connectivity index (χ2n) is 4.64. The molecule has 0 aliphatic carbocycles. The van der Waals surface area contributed by atoms with Crippen molar-refractivity contribution in [3.63, 3.8) is 0 Å². The molecule has 0 saturated heterocycles. The van der Waals surface area contributed by atoms with Crippen LogP contribution >= 0.6 is 0 Å². The summed E-state index contributed by atoms with van der Waals surface area (Å²) in [6.45, 7) is 3.42. The predicted octanol–water partition coefficient (Wildman–Crippen LogP) is 2.47. The molecule has 0 radical (unpaired) electrons. The van der Waals surface area contributed by atoms with Gasteiger partial charge in [-0.3, -0.25) is 9.69 Å². The lowest BCUT2D eigenvalue weighted by molar-refractivity contribution is 0.101. The Morgan fingerprint density at radius 3 is 2.74 bits per heavy atom. The summed E-state index contributed by atoms with van der Waals surface area (Å²) in [4.78, 5) is 13.1. The van der Waals surface area contributed by atoms with Crippen LogP contribution in [0.1, 0.15) is 36.2 Å². The number of nitrogens with zero attached hydrogens (tertiary/aromatic N) is 2. The number of ketones is 1. The summed E-state index contributed by atoms with van der Waals surface area (Å²) in [5.74, 6) is -1.13. The molecule has 0 fully saturated rings. The largest absolute Gasteiger partial charge is 0.507 e. The third-order valence-corrected chi connectivity index (χ3v) is 3.09. The highest BCUT2D eigenvalue weighted by Gasteiger charge is 2.17. The van der Waals surface area contributed by atoms with E-state index in [1.54, 1.807) is 7.05 Å². The van der Waals surface area contributed by atoms with Gasteiger partial charge in [-0.1, -0.05) is 0 Å². The molecule has 0 heterocycles. The van der Waals surface area contributed by atoms with Crippen molar-refractivity contribution < 1.29 is 14.3 Å². The molecule has 1 unspecified atom stereocenters. The maximum absolute atomic E-state index is 13.4. The maximum atomic E-state index is 13.4. The highest BCUT2D eigenvalue weighted by atomic mass is 19.1. The Balaban J connectivity index is 3.02. The predicted molar refractivity (Wildman–Crippen MR) is 69.2 cm³/mol. The average Bonchev–Trinajstić information content (AvgIpc) is 2.33. The van der Waals surface area contributed by atoms with E-state index in [9.17, 15) is 14.3 Å². The fourth-order valence-electron chi connectivity index (χ4n) is 1.76. The number of aromatic hydroxyl groups is 1. The molecule has 1 N–H and O–H groups in total. The average molecular weight is 264 g/mol. The molecule has 1 aromatic carbocycles. The molecule has 102 valence electrons. The minimum atomic E-state index is -0.556. The van der Waals surface area contributed by atoms with Crippen molar-refractivity contribution in [3.05, 3.63) is 29.1 Å². The quantitative estimate of drug-likeness (QED) is 0.830. The molecule has 0 spiro atoms. The van der Waals surface area contributed by atoms with E-state index in [1.807, 2.05) is 11.8 Å².